The Hall–Kier alpha value is -3.19. The topological polar surface area (TPSA) is 70.2 Å². The Morgan fingerprint density at radius 2 is 1.81 bits per heavy atom. The van der Waals surface area contributed by atoms with Crippen LogP contribution in [0.5, 0.6) is 0 Å². The van der Waals surface area contributed by atoms with Crippen LogP contribution < -0.4 is 15.5 Å². The van der Waals surface area contributed by atoms with Crippen LogP contribution in [0.2, 0.25) is 5.02 Å². The molecule has 6 nitrogen and oxygen atoms in total. The molecule has 2 aromatic carbocycles. The van der Waals surface area contributed by atoms with Crippen LogP contribution in [0, 0.1) is 5.82 Å². The molecular formula is C23H23ClFN5O. The van der Waals surface area contributed by atoms with Gasteiger partial charge in [-0.2, -0.15) is 5.10 Å². The predicted octanol–water partition coefficient (Wildman–Crippen LogP) is 5.18. The largest absolute Gasteiger partial charge is 0.370 e. The van der Waals surface area contributed by atoms with Crippen LogP contribution in [0.4, 0.5) is 27.3 Å². The second kappa shape index (κ2) is 9.75. The number of aromatic nitrogens is 2. The van der Waals surface area contributed by atoms with Crippen LogP contribution in [0.25, 0.3) is 0 Å². The zero-order valence-corrected chi connectivity index (χ0v) is 17.7. The van der Waals surface area contributed by atoms with E-state index in [9.17, 15) is 9.18 Å². The fourth-order valence-corrected chi connectivity index (χ4v) is 3.73. The number of carbonyl (C=O) groups excluding carboxylic acids is 1. The van der Waals surface area contributed by atoms with E-state index in [2.05, 4.69) is 25.7 Å². The van der Waals surface area contributed by atoms with Gasteiger partial charge in [0.25, 0.3) is 0 Å². The summed E-state index contributed by atoms with van der Waals surface area (Å²) in [6.45, 7) is 2.10. The second-order valence-electron chi connectivity index (χ2n) is 7.49. The normalized spacial score (nSPS) is 13.3. The summed E-state index contributed by atoms with van der Waals surface area (Å²) >= 11 is 5.78. The molecule has 0 saturated carbocycles. The zero-order chi connectivity index (χ0) is 21.6. The fraction of sp³-hybridized carbons (Fsp3) is 0.261. The molecule has 4 rings (SSSR count). The first kappa shape index (κ1) is 21.1. The van der Waals surface area contributed by atoms with Crippen molar-refractivity contribution in [2.45, 2.75) is 25.7 Å². The summed E-state index contributed by atoms with van der Waals surface area (Å²) in [5.41, 5.74) is 3.44. The standard InChI is InChI=1S/C23H23ClFN5O/c24-20-13-16(3-9-21(20)25)4-10-23(31)28-18-7-5-17(6-8-18)27-22-14-19(15-26-29-22)30-11-1-2-12-30/h3,5-9,13-15H,1-2,4,10-12H2,(H,27,29)(H,28,31). The molecule has 1 amide bonds. The molecule has 1 aromatic heterocycles. The van der Waals surface area contributed by atoms with E-state index in [-0.39, 0.29) is 17.4 Å². The van der Waals surface area contributed by atoms with E-state index in [1.165, 1.54) is 18.9 Å². The van der Waals surface area contributed by atoms with Crippen molar-refractivity contribution in [1.82, 2.24) is 10.2 Å². The molecule has 0 radical (unpaired) electrons. The van der Waals surface area contributed by atoms with Crippen LogP contribution >= 0.6 is 11.6 Å². The summed E-state index contributed by atoms with van der Waals surface area (Å²) in [6.07, 6.45) is 4.96. The minimum atomic E-state index is -0.461. The van der Waals surface area contributed by atoms with Crippen LogP contribution in [-0.4, -0.2) is 29.2 Å². The number of aryl methyl sites for hydroxylation is 1. The molecule has 1 saturated heterocycles. The van der Waals surface area contributed by atoms with Crippen molar-refractivity contribution < 1.29 is 9.18 Å². The molecule has 0 atom stereocenters. The highest BCUT2D eigenvalue weighted by Crippen LogP contribution is 2.23. The quantitative estimate of drug-likeness (QED) is 0.530. The van der Waals surface area contributed by atoms with Crippen molar-refractivity contribution in [3.05, 3.63) is 71.1 Å². The summed E-state index contributed by atoms with van der Waals surface area (Å²) in [4.78, 5) is 14.5. The number of anilines is 4. The third-order valence-corrected chi connectivity index (χ3v) is 5.47. The van der Waals surface area contributed by atoms with E-state index < -0.39 is 5.82 Å². The van der Waals surface area contributed by atoms with Crippen molar-refractivity contribution >= 4 is 40.4 Å². The molecule has 1 fully saturated rings. The molecule has 8 heteroatoms. The Labute approximate surface area is 185 Å². The molecule has 160 valence electrons. The Bertz CT molecular complexity index is 1050. The van der Waals surface area contributed by atoms with Gasteiger partial charge in [-0.1, -0.05) is 17.7 Å². The third-order valence-electron chi connectivity index (χ3n) is 5.18. The van der Waals surface area contributed by atoms with Crippen molar-refractivity contribution in [1.29, 1.82) is 0 Å². The number of nitrogens with one attached hydrogen (secondary N) is 2. The molecule has 2 heterocycles. The summed E-state index contributed by atoms with van der Waals surface area (Å²) in [5.74, 6) is 0.0989. The van der Waals surface area contributed by atoms with Gasteiger partial charge in [0.1, 0.15) is 5.82 Å². The van der Waals surface area contributed by atoms with Gasteiger partial charge in [-0.05, 0) is 61.2 Å². The summed E-state index contributed by atoms with van der Waals surface area (Å²) in [5, 5.41) is 14.4. The molecule has 0 unspecified atom stereocenters. The van der Waals surface area contributed by atoms with Crippen molar-refractivity contribution in [3.8, 4) is 0 Å². The van der Waals surface area contributed by atoms with Gasteiger partial charge < -0.3 is 15.5 Å². The lowest BCUT2D eigenvalue weighted by molar-refractivity contribution is -0.116. The lowest BCUT2D eigenvalue weighted by Crippen LogP contribution is -2.18. The fourth-order valence-electron chi connectivity index (χ4n) is 3.53. The maximum atomic E-state index is 13.2. The number of carbonyl (C=O) groups is 1. The van der Waals surface area contributed by atoms with Crippen LogP contribution in [0.3, 0.4) is 0 Å². The number of rotatable bonds is 7. The highest BCUT2D eigenvalue weighted by molar-refractivity contribution is 6.30. The van der Waals surface area contributed by atoms with E-state index in [0.29, 0.717) is 17.9 Å². The number of hydrogen-bond donors (Lipinski definition) is 2. The van der Waals surface area contributed by atoms with Crippen molar-refractivity contribution in [2.75, 3.05) is 28.6 Å². The van der Waals surface area contributed by atoms with Gasteiger partial charge in [-0.15, -0.1) is 5.10 Å². The maximum absolute atomic E-state index is 13.2. The number of hydrogen-bond acceptors (Lipinski definition) is 5. The average Bonchev–Trinajstić information content (AvgIpc) is 3.31. The third kappa shape index (κ3) is 5.70. The zero-order valence-electron chi connectivity index (χ0n) is 16.9. The summed E-state index contributed by atoms with van der Waals surface area (Å²) < 4.78 is 13.2. The Morgan fingerprint density at radius 1 is 1.06 bits per heavy atom. The molecule has 2 N–H and O–H groups in total. The van der Waals surface area contributed by atoms with E-state index >= 15 is 0 Å². The van der Waals surface area contributed by atoms with Gasteiger partial charge in [0.2, 0.25) is 5.91 Å². The Kier molecular flexibility index (Phi) is 6.62. The second-order valence-corrected chi connectivity index (χ2v) is 7.90. The van der Waals surface area contributed by atoms with Gasteiger partial charge >= 0.3 is 0 Å². The predicted molar refractivity (Wildman–Crippen MR) is 122 cm³/mol. The van der Waals surface area contributed by atoms with Crippen LogP contribution in [-0.2, 0) is 11.2 Å². The van der Waals surface area contributed by atoms with E-state index in [0.717, 1.165) is 30.0 Å². The number of amides is 1. The van der Waals surface area contributed by atoms with Crippen molar-refractivity contribution in [3.63, 3.8) is 0 Å². The van der Waals surface area contributed by atoms with Crippen molar-refractivity contribution in [2.24, 2.45) is 0 Å². The van der Waals surface area contributed by atoms with Crippen LogP contribution in [0.15, 0.2) is 54.7 Å². The van der Waals surface area contributed by atoms with Gasteiger partial charge in [0, 0.05) is 37.0 Å². The van der Waals surface area contributed by atoms with Crippen LogP contribution in [0.1, 0.15) is 24.8 Å². The number of benzene rings is 2. The summed E-state index contributed by atoms with van der Waals surface area (Å²) in [7, 11) is 0. The lowest BCUT2D eigenvalue weighted by Gasteiger charge is -2.17. The molecule has 0 aliphatic carbocycles. The summed E-state index contributed by atoms with van der Waals surface area (Å²) in [6, 6.07) is 13.9. The first-order valence-electron chi connectivity index (χ1n) is 10.3. The van der Waals surface area contributed by atoms with E-state index in [1.54, 1.807) is 18.3 Å². The molecule has 0 bridgehead atoms. The molecule has 31 heavy (non-hydrogen) atoms. The lowest BCUT2D eigenvalue weighted by atomic mass is 10.1. The number of halogens is 2. The SMILES string of the molecule is O=C(CCc1ccc(F)c(Cl)c1)Nc1ccc(Nc2cc(N3CCCC3)cnn2)cc1. The number of nitrogens with zero attached hydrogens (tertiary/aromatic N) is 3. The van der Waals surface area contributed by atoms with E-state index in [4.69, 9.17) is 11.6 Å². The minimum Gasteiger partial charge on any atom is -0.370 e. The smallest absolute Gasteiger partial charge is 0.224 e. The minimum absolute atomic E-state index is 0.0663. The highest BCUT2D eigenvalue weighted by Gasteiger charge is 2.13. The van der Waals surface area contributed by atoms with Gasteiger partial charge in [-0.25, -0.2) is 4.39 Å². The highest BCUT2D eigenvalue weighted by atomic mass is 35.5. The Balaban J connectivity index is 1.30. The maximum Gasteiger partial charge on any atom is 0.224 e. The monoisotopic (exact) mass is 439 g/mol. The molecular weight excluding hydrogens is 417 g/mol. The molecule has 0 spiro atoms. The molecule has 1 aliphatic heterocycles. The first-order chi connectivity index (χ1) is 15.1. The van der Waals surface area contributed by atoms with Gasteiger partial charge in [-0.3, -0.25) is 4.79 Å². The molecule has 1 aliphatic rings. The van der Waals surface area contributed by atoms with E-state index in [1.807, 2.05) is 30.3 Å². The Morgan fingerprint density at radius 3 is 2.55 bits per heavy atom. The first-order valence-corrected chi connectivity index (χ1v) is 10.6. The molecule has 3 aromatic rings. The van der Waals surface area contributed by atoms with Gasteiger partial charge in [0.05, 0.1) is 16.9 Å². The van der Waals surface area contributed by atoms with Gasteiger partial charge in [0.15, 0.2) is 5.82 Å². The average molecular weight is 440 g/mol.